The van der Waals surface area contributed by atoms with Crippen LogP contribution in [0.4, 0.5) is 0 Å². The smallest absolute Gasteiger partial charge is 0.0377 e. The van der Waals surface area contributed by atoms with Gasteiger partial charge in [-0.1, -0.05) is 53.4 Å². The maximum atomic E-state index is 3.50. The third-order valence-electron chi connectivity index (χ3n) is 5.00. The minimum absolute atomic E-state index is 0.181. The van der Waals surface area contributed by atoms with Crippen LogP contribution in [0.1, 0.15) is 48.5 Å². The van der Waals surface area contributed by atoms with Crippen molar-refractivity contribution < 1.29 is 0 Å². The van der Waals surface area contributed by atoms with Crippen molar-refractivity contribution in [3.8, 4) is 11.8 Å². The molecule has 0 heterocycles. The topological polar surface area (TPSA) is 0 Å². The van der Waals surface area contributed by atoms with E-state index in [-0.39, 0.29) is 5.41 Å². The van der Waals surface area contributed by atoms with Crippen molar-refractivity contribution in [1.82, 2.24) is 0 Å². The fourth-order valence-corrected chi connectivity index (χ4v) is 2.35. The molecule has 3 atom stereocenters. The molecule has 0 aliphatic heterocycles. The predicted molar refractivity (Wildman–Crippen MR) is 62.8 cm³/mol. The first kappa shape index (κ1) is 11.6. The first-order chi connectivity index (χ1) is 6.23. The van der Waals surface area contributed by atoms with Crippen molar-refractivity contribution in [1.29, 1.82) is 0 Å². The van der Waals surface area contributed by atoms with E-state index in [1.807, 2.05) is 0 Å². The Morgan fingerprint density at radius 2 is 1.71 bits per heavy atom. The zero-order chi connectivity index (χ0) is 11.1. The van der Waals surface area contributed by atoms with Gasteiger partial charge in [0.25, 0.3) is 0 Å². The molecule has 0 spiro atoms. The number of rotatable bonds is 2. The van der Waals surface area contributed by atoms with Crippen LogP contribution in [0.2, 0.25) is 0 Å². The van der Waals surface area contributed by atoms with Crippen LogP contribution in [0.5, 0.6) is 0 Å². The maximum absolute atomic E-state index is 3.50. The molecule has 80 valence electrons. The second-order valence-corrected chi connectivity index (χ2v) is 5.93. The average Bonchev–Trinajstić information content (AvgIpc) is 2.34. The molecule has 0 aromatic heterocycles. The molecule has 0 N–H and O–H groups in total. The Kier molecular flexibility index (Phi) is 2.74. The molecule has 0 saturated carbocycles. The number of hydrogen-bond donors (Lipinski definition) is 0. The van der Waals surface area contributed by atoms with Crippen molar-refractivity contribution in [3.05, 3.63) is 0 Å². The third kappa shape index (κ3) is 1.38. The van der Waals surface area contributed by atoms with Crippen LogP contribution in [0.3, 0.4) is 0 Å². The lowest BCUT2D eigenvalue weighted by molar-refractivity contribution is 0.0382. The van der Waals surface area contributed by atoms with Gasteiger partial charge in [0.15, 0.2) is 0 Å². The van der Waals surface area contributed by atoms with Gasteiger partial charge >= 0.3 is 0 Å². The minimum Gasteiger partial charge on any atom is -0.0993 e. The highest BCUT2D eigenvalue weighted by atomic mass is 14.5. The van der Waals surface area contributed by atoms with E-state index in [4.69, 9.17) is 0 Å². The maximum Gasteiger partial charge on any atom is 0.0377 e. The second-order valence-electron chi connectivity index (χ2n) is 5.93. The molecule has 0 bridgehead atoms. The van der Waals surface area contributed by atoms with Gasteiger partial charge in [-0.25, -0.2) is 0 Å². The van der Waals surface area contributed by atoms with Gasteiger partial charge in [0.05, 0.1) is 0 Å². The molecule has 0 fully saturated rings. The Morgan fingerprint density at radius 1 is 1.21 bits per heavy atom. The normalized spacial score (nSPS) is 37.1. The molecule has 1 rings (SSSR count). The fourth-order valence-electron chi connectivity index (χ4n) is 2.35. The molecule has 0 nitrogen and oxygen atoms in total. The van der Waals surface area contributed by atoms with Gasteiger partial charge < -0.3 is 0 Å². The van der Waals surface area contributed by atoms with Gasteiger partial charge in [-0.05, 0) is 24.2 Å². The van der Waals surface area contributed by atoms with Crippen LogP contribution < -0.4 is 0 Å². The summed E-state index contributed by atoms with van der Waals surface area (Å²) >= 11 is 0. The van der Waals surface area contributed by atoms with E-state index >= 15 is 0 Å². The van der Waals surface area contributed by atoms with Crippen LogP contribution in [-0.4, -0.2) is 0 Å². The van der Waals surface area contributed by atoms with Gasteiger partial charge in [0.1, 0.15) is 0 Å². The van der Waals surface area contributed by atoms with Crippen molar-refractivity contribution in [2.45, 2.75) is 48.5 Å². The molecule has 3 unspecified atom stereocenters. The van der Waals surface area contributed by atoms with Crippen LogP contribution >= 0.6 is 0 Å². The summed E-state index contributed by atoms with van der Waals surface area (Å²) in [5.41, 5.74) is 0.477. The standard InChI is InChI=1S/C14H24/c1-10(2)13(5,6)14(7)9-8-11(3)12(14)4/h10-12H,1-7H3. The summed E-state index contributed by atoms with van der Waals surface area (Å²) in [6.07, 6.45) is 0. The lowest BCUT2D eigenvalue weighted by atomic mass is 9.56. The zero-order valence-corrected chi connectivity index (χ0v) is 10.7. The van der Waals surface area contributed by atoms with Crippen molar-refractivity contribution in [2.75, 3.05) is 0 Å². The van der Waals surface area contributed by atoms with Crippen molar-refractivity contribution >= 4 is 0 Å². The van der Waals surface area contributed by atoms with E-state index in [0.29, 0.717) is 23.2 Å². The molecule has 0 saturated heterocycles. The molecule has 0 heteroatoms. The molecular weight excluding hydrogens is 168 g/mol. The summed E-state index contributed by atoms with van der Waals surface area (Å²) in [6.45, 7) is 16.3. The highest BCUT2D eigenvalue weighted by Gasteiger charge is 2.49. The average molecular weight is 192 g/mol. The van der Waals surface area contributed by atoms with Crippen LogP contribution in [-0.2, 0) is 0 Å². The lowest BCUT2D eigenvalue weighted by Gasteiger charge is -2.46. The highest BCUT2D eigenvalue weighted by molar-refractivity contribution is 5.26. The van der Waals surface area contributed by atoms with Gasteiger partial charge in [-0.15, -0.1) is 0 Å². The SMILES string of the molecule is CC1C#CC(C)(C(C)(C)C(C)C)C1C. The van der Waals surface area contributed by atoms with E-state index < -0.39 is 0 Å². The van der Waals surface area contributed by atoms with Gasteiger partial charge in [0, 0.05) is 11.3 Å². The zero-order valence-electron chi connectivity index (χ0n) is 10.7. The van der Waals surface area contributed by atoms with Gasteiger partial charge in [-0.2, -0.15) is 0 Å². The fraction of sp³-hybridized carbons (Fsp3) is 0.857. The quantitative estimate of drug-likeness (QED) is 0.581. The summed E-state index contributed by atoms with van der Waals surface area (Å²) < 4.78 is 0. The van der Waals surface area contributed by atoms with Crippen molar-refractivity contribution in [2.24, 2.45) is 28.6 Å². The third-order valence-corrected chi connectivity index (χ3v) is 5.00. The summed E-state index contributed by atoms with van der Waals surface area (Å²) in [5.74, 6) is 8.76. The van der Waals surface area contributed by atoms with Crippen LogP contribution in [0.15, 0.2) is 0 Å². The van der Waals surface area contributed by atoms with E-state index in [9.17, 15) is 0 Å². The molecule has 1 aliphatic carbocycles. The minimum atomic E-state index is 0.181. The Hall–Kier alpha value is -0.440. The Morgan fingerprint density at radius 3 is 2.00 bits per heavy atom. The Bertz CT molecular complexity index is 274. The molecule has 0 aromatic rings. The summed E-state index contributed by atoms with van der Waals surface area (Å²) in [6, 6.07) is 0. The first-order valence-corrected chi connectivity index (χ1v) is 5.76. The first-order valence-electron chi connectivity index (χ1n) is 5.76. The monoisotopic (exact) mass is 192 g/mol. The predicted octanol–water partition coefficient (Wildman–Crippen LogP) is 3.96. The number of hydrogen-bond acceptors (Lipinski definition) is 0. The van der Waals surface area contributed by atoms with Crippen LogP contribution in [0, 0.1) is 40.4 Å². The van der Waals surface area contributed by atoms with Gasteiger partial charge in [-0.3, -0.25) is 0 Å². The largest absolute Gasteiger partial charge is 0.0993 e. The van der Waals surface area contributed by atoms with E-state index in [2.05, 4.69) is 60.3 Å². The lowest BCUT2D eigenvalue weighted by Crippen LogP contribution is -2.42. The van der Waals surface area contributed by atoms with E-state index in [1.54, 1.807) is 0 Å². The Balaban J connectivity index is 3.05. The molecule has 14 heavy (non-hydrogen) atoms. The molecule has 0 radical (unpaired) electrons. The second kappa shape index (κ2) is 3.30. The summed E-state index contributed by atoms with van der Waals surface area (Å²) in [5, 5.41) is 0. The molecule has 1 aliphatic rings. The Labute approximate surface area is 89.5 Å². The molecule has 0 aromatic carbocycles. The van der Waals surface area contributed by atoms with Gasteiger partial charge in [0.2, 0.25) is 0 Å². The van der Waals surface area contributed by atoms with Crippen molar-refractivity contribution in [3.63, 3.8) is 0 Å². The highest BCUT2D eigenvalue weighted by Crippen LogP contribution is 2.53. The summed E-state index contributed by atoms with van der Waals surface area (Å²) in [7, 11) is 0. The molecule has 0 amide bonds. The molecular formula is C14H24. The van der Waals surface area contributed by atoms with E-state index in [0.717, 1.165) is 0 Å². The van der Waals surface area contributed by atoms with E-state index in [1.165, 1.54) is 0 Å². The summed E-state index contributed by atoms with van der Waals surface area (Å²) in [4.78, 5) is 0. The van der Waals surface area contributed by atoms with Crippen LogP contribution in [0.25, 0.3) is 0 Å².